The molecule has 0 aliphatic carbocycles. The van der Waals surface area contributed by atoms with Gasteiger partial charge in [-0.15, -0.1) is 0 Å². The van der Waals surface area contributed by atoms with Gasteiger partial charge in [0.15, 0.2) is 0 Å². The highest BCUT2D eigenvalue weighted by atomic mass is 16.3. The first-order valence-electron chi connectivity index (χ1n) is 5.91. The zero-order valence-electron chi connectivity index (χ0n) is 9.92. The first kappa shape index (κ1) is 13.9. The molecule has 0 aliphatic rings. The summed E-state index contributed by atoms with van der Waals surface area (Å²) < 4.78 is 0. The summed E-state index contributed by atoms with van der Waals surface area (Å²) in [5.41, 5.74) is -0.898. The van der Waals surface area contributed by atoms with Gasteiger partial charge in [0, 0.05) is 0 Å². The van der Waals surface area contributed by atoms with Gasteiger partial charge in [-0.3, -0.25) is 0 Å². The van der Waals surface area contributed by atoms with Crippen molar-refractivity contribution in [2.45, 2.75) is 77.4 Å². The maximum atomic E-state index is 9.74. The van der Waals surface area contributed by atoms with Crippen LogP contribution in [0.5, 0.6) is 0 Å². The molecule has 2 atom stereocenters. The van der Waals surface area contributed by atoms with Crippen LogP contribution in [0.2, 0.25) is 0 Å². The molecule has 0 aliphatic heterocycles. The molecule has 2 heteroatoms. The molecule has 0 saturated carbocycles. The maximum absolute atomic E-state index is 9.74. The van der Waals surface area contributed by atoms with Crippen LogP contribution < -0.4 is 0 Å². The summed E-state index contributed by atoms with van der Waals surface area (Å²) in [5, 5.41) is 19.0. The molecule has 0 radical (unpaired) electrons. The minimum absolute atomic E-state index is 0.627. The van der Waals surface area contributed by atoms with Crippen LogP contribution >= 0.6 is 0 Å². The second-order valence-corrected chi connectivity index (χ2v) is 4.55. The van der Waals surface area contributed by atoms with Crippen molar-refractivity contribution in [1.29, 1.82) is 0 Å². The summed E-state index contributed by atoms with van der Waals surface area (Å²) in [7, 11) is 0. The summed E-state index contributed by atoms with van der Waals surface area (Å²) in [4.78, 5) is 0. The van der Waals surface area contributed by atoms with Crippen molar-refractivity contribution in [3.63, 3.8) is 0 Å². The highest BCUT2D eigenvalue weighted by Crippen LogP contribution is 2.19. The van der Waals surface area contributed by atoms with Crippen LogP contribution in [0, 0.1) is 0 Å². The van der Waals surface area contributed by atoms with Crippen LogP contribution in [0.4, 0.5) is 0 Å². The SMILES string of the molecule is CCCCCCCCC(C)(O)C(C)O. The molecule has 0 aromatic rings. The molecular formula is C12H26O2. The molecule has 0 bridgehead atoms. The molecule has 0 amide bonds. The van der Waals surface area contributed by atoms with Gasteiger partial charge in [0.05, 0.1) is 11.7 Å². The first-order valence-corrected chi connectivity index (χ1v) is 5.91. The van der Waals surface area contributed by atoms with E-state index in [1.54, 1.807) is 13.8 Å². The van der Waals surface area contributed by atoms with Crippen molar-refractivity contribution in [1.82, 2.24) is 0 Å². The average Bonchev–Trinajstić information content (AvgIpc) is 2.10. The molecule has 2 N–H and O–H groups in total. The van der Waals surface area contributed by atoms with Gasteiger partial charge in [-0.05, 0) is 20.3 Å². The molecular weight excluding hydrogens is 176 g/mol. The fourth-order valence-corrected chi connectivity index (χ4v) is 1.47. The fourth-order valence-electron chi connectivity index (χ4n) is 1.47. The van der Waals surface area contributed by atoms with E-state index < -0.39 is 11.7 Å². The summed E-state index contributed by atoms with van der Waals surface area (Å²) in [6, 6.07) is 0. The van der Waals surface area contributed by atoms with E-state index in [1.807, 2.05) is 0 Å². The molecule has 0 spiro atoms. The van der Waals surface area contributed by atoms with Crippen molar-refractivity contribution in [3.05, 3.63) is 0 Å². The molecule has 2 nitrogen and oxygen atoms in total. The highest BCUT2D eigenvalue weighted by Gasteiger charge is 2.25. The largest absolute Gasteiger partial charge is 0.390 e. The Bertz CT molecular complexity index is 130. The number of hydrogen-bond donors (Lipinski definition) is 2. The Hall–Kier alpha value is -0.0800. The number of unbranched alkanes of at least 4 members (excludes halogenated alkanes) is 5. The van der Waals surface area contributed by atoms with Gasteiger partial charge in [0.25, 0.3) is 0 Å². The van der Waals surface area contributed by atoms with Crippen LogP contribution in [0.3, 0.4) is 0 Å². The van der Waals surface area contributed by atoms with Crippen molar-refractivity contribution in [3.8, 4) is 0 Å². The van der Waals surface area contributed by atoms with E-state index >= 15 is 0 Å². The summed E-state index contributed by atoms with van der Waals surface area (Å²) in [6.07, 6.45) is 7.40. The van der Waals surface area contributed by atoms with Crippen LogP contribution in [-0.2, 0) is 0 Å². The first-order chi connectivity index (χ1) is 6.50. The normalized spacial score (nSPS) is 17.8. The Morgan fingerprint density at radius 2 is 1.57 bits per heavy atom. The van der Waals surface area contributed by atoms with E-state index in [0.29, 0.717) is 6.42 Å². The zero-order chi connectivity index (χ0) is 11.0. The van der Waals surface area contributed by atoms with E-state index in [1.165, 1.54) is 32.1 Å². The standard InChI is InChI=1S/C12H26O2/c1-4-5-6-7-8-9-10-12(3,14)11(2)13/h11,13-14H,4-10H2,1-3H3. The van der Waals surface area contributed by atoms with Gasteiger partial charge in [-0.25, -0.2) is 0 Å². The lowest BCUT2D eigenvalue weighted by molar-refractivity contribution is -0.0588. The smallest absolute Gasteiger partial charge is 0.0874 e. The lowest BCUT2D eigenvalue weighted by Gasteiger charge is -2.26. The molecule has 0 heterocycles. The summed E-state index contributed by atoms with van der Waals surface area (Å²) >= 11 is 0. The monoisotopic (exact) mass is 202 g/mol. The third-order valence-electron chi connectivity index (χ3n) is 2.94. The van der Waals surface area contributed by atoms with E-state index in [9.17, 15) is 10.2 Å². The van der Waals surface area contributed by atoms with E-state index in [4.69, 9.17) is 0 Å². The summed E-state index contributed by atoms with van der Waals surface area (Å²) in [6.45, 7) is 5.57. The number of aliphatic hydroxyl groups is 2. The summed E-state index contributed by atoms with van der Waals surface area (Å²) in [5.74, 6) is 0. The lowest BCUT2D eigenvalue weighted by Crippen LogP contribution is -2.36. The Labute approximate surface area is 88.3 Å². The molecule has 0 saturated heterocycles. The molecule has 0 rings (SSSR count). The predicted octanol–water partition coefficient (Wildman–Crippen LogP) is 2.87. The third-order valence-corrected chi connectivity index (χ3v) is 2.94. The second kappa shape index (κ2) is 7.24. The van der Waals surface area contributed by atoms with Crippen LogP contribution in [0.25, 0.3) is 0 Å². The van der Waals surface area contributed by atoms with Gasteiger partial charge in [0.1, 0.15) is 0 Å². The molecule has 14 heavy (non-hydrogen) atoms. The number of hydrogen-bond acceptors (Lipinski definition) is 2. The average molecular weight is 202 g/mol. The van der Waals surface area contributed by atoms with E-state index in [0.717, 1.165) is 6.42 Å². The van der Waals surface area contributed by atoms with Gasteiger partial charge < -0.3 is 10.2 Å². The molecule has 0 aromatic carbocycles. The molecule has 0 fully saturated rings. The predicted molar refractivity (Wildman–Crippen MR) is 60.3 cm³/mol. The number of aliphatic hydroxyl groups excluding tert-OH is 1. The zero-order valence-corrected chi connectivity index (χ0v) is 9.92. The van der Waals surface area contributed by atoms with Gasteiger partial charge >= 0.3 is 0 Å². The lowest BCUT2D eigenvalue weighted by atomic mass is 9.93. The molecule has 86 valence electrons. The minimum Gasteiger partial charge on any atom is -0.390 e. The Morgan fingerprint density at radius 3 is 2.07 bits per heavy atom. The van der Waals surface area contributed by atoms with Crippen molar-refractivity contribution in [2.24, 2.45) is 0 Å². The van der Waals surface area contributed by atoms with Gasteiger partial charge in [-0.2, -0.15) is 0 Å². The van der Waals surface area contributed by atoms with Crippen molar-refractivity contribution in [2.75, 3.05) is 0 Å². The Kier molecular flexibility index (Phi) is 7.20. The fraction of sp³-hybridized carbons (Fsp3) is 1.00. The van der Waals surface area contributed by atoms with Crippen LogP contribution in [-0.4, -0.2) is 21.9 Å². The highest BCUT2D eigenvalue weighted by molar-refractivity contribution is 4.77. The Balaban J connectivity index is 3.35. The molecule has 2 unspecified atom stereocenters. The third kappa shape index (κ3) is 6.39. The Morgan fingerprint density at radius 1 is 1.07 bits per heavy atom. The van der Waals surface area contributed by atoms with E-state index in [-0.39, 0.29) is 0 Å². The van der Waals surface area contributed by atoms with Crippen LogP contribution in [0.15, 0.2) is 0 Å². The van der Waals surface area contributed by atoms with E-state index in [2.05, 4.69) is 6.92 Å². The van der Waals surface area contributed by atoms with Crippen molar-refractivity contribution >= 4 is 0 Å². The van der Waals surface area contributed by atoms with Crippen molar-refractivity contribution < 1.29 is 10.2 Å². The molecule has 0 aromatic heterocycles. The second-order valence-electron chi connectivity index (χ2n) is 4.55. The quantitative estimate of drug-likeness (QED) is 0.594. The maximum Gasteiger partial charge on any atom is 0.0874 e. The van der Waals surface area contributed by atoms with Gasteiger partial charge in [0.2, 0.25) is 0 Å². The minimum atomic E-state index is -0.898. The topological polar surface area (TPSA) is 40.5 Å². The number of rotatable bonds is 8. The van der Waals surface area contributed by atoms with Crippen LogP contribution in [0.1, 0.15) is 65.7 Å². The van der Waals surface area contributed by atoms with Gasteiger partial charge in [-0.1, -0.05) is 45.4 Å².